The lowest BCUT2D eigenvalue weighted by Gasteiger charge is -2.33. The van der Waals surface area contributed by atoms with Crippen LogP contribution in [0.25, 0.3) is 10.9 Å². The molecular weight excluding hydrogens is 326 g/mol. The van der Waals surface area contributed by atoms with Crippen LogP contribution in [0.1, 0.15) is 17.5 Å². The summed E-state index contributed by atoms with van der Waals surface area (Å²) in [6.07, 6.45) is 2.45. The molecule has 0 aliphatic carbocycles. The molecule has 2 fully saturated rings. The minimum atomic E-state index is -3.64. The van der Waals surface area contributed by atoms with Gasteiger partial charge in [0.1, 0.15) is 12.1 Å². The van der Waals surface area contributed by atoms with Gasteiger partial charge in [0, 0.05) is 31.1 Å². The van der Waals surface area contributed by atoms with Crippen LogP contribution in [0.4, 0.5) is 5.82 Å². The van der Waals surface area contributed by atoms with Gasteiger partial charge in [-0.1, -0.05) is 0 Å². The Hall–Kier alpha value is -1.77. The van der Waals surface area contributed by atoms with Crippen LogP contribution in [-0.4, -0.2) is 48.4 Å². The molecule has 2 aliphatic rings. The fraction of sp³-hybridized carbons (Fsp3) is 0.500. The fourth-order valence-electron chi connectivity index (χ4n) is 3.96. The van der Waals surface area contributed by atoms with Crippen molar-refractivity contribution < 1.29 is 8.42 Å². The first-order valence-electron chi connectivity index (χ1n) is 8.09. The number of fused-ring (bicyclic) bond motifs is 3. The van der Waals surface area contributed by atoms with Gasteiger partial charge in [-0.05, 0) is 49.4 Å². The Balaban J connectivity index is 1.73. The van der Waals surface area contributed by atoms with Crippen LogP contribution in [0.2, 0.25) is 0 Å². The number of nitrogens with zero attached hydrogens (tertiary/aromatic N) is 4. The maximum Gasteiger partial charge on any atom is 0.277 e. The highest BCUT2D eigenvalue weighted by Gasteiger charge is 2.43. The molecule has 2 saturated heterocycles. The molecule has 8 heteroatoms. The van der Waals surface area contributed by atoms with Gasteiger partial charge in [0.15, 0.2) is 0 Å². The third-order valence-electron chi connectivity index (χ3n) is 5.22. The zero-order valence-electron chi connectivity index (χ0n) is 13.8. The Morgan fingerprint density at radius 1 is 1.12 bits per heavy atom. The van der Waals surface area contributed by atoms with Crippen molar-refractivity contribution in [3.05, 3.63) is 29.6 Å². The van der Waals surface area contributed by atoms with Crippen molar-refractivity contribution in [3.8, 4) is 0 Å². The van der Waals surface area contributed by atoms with E-state index in [1.807, 2.05) is 0 Å². The summed E-state index contributed by atoms with van der Waals surface area (Å²) in [5.74, 6) is 1.17. The molecule has 3 heterocycles. The van der Waals surface area contributed by atoms with E-state index < -0.39 is 10.2 Å². The first kappa shape index (κ1) is 15.7. The fourth-order valence-corrected chi connectivity index (χ4v) is 4.94. The summed E-state index contributed by atoms with van der Waals surface area (Å²) in [6.45, 7) is 6.06. The van der Waals surface area contributed by atoms with Gasteiger partial charge < -0.3 is 4.90 Å². The lowest BCUT2D eigenvalue weighted by molar-refractivity contribution is 0.388. The molecule has 2 aliphatic heterocycles. The molecule has 0 amide bonds. The summed E-state index contributed by atoms with van der Waals surface area (Å²) in [7, 11) is -3.64. The van der Waals surface area contributed by atoms with Crippen molar-refractivity contribution in [1.29, 1.82) is 0 Å². The summed E-state index contributed by atoms with van der Waals surface area (Å²) < 4.78 is 25.0. The number of hydrogen-bond acceptors (Lipinski definition) is 5. The number of hydrogen-bond donors (Lipinski definition) is 1. The quantitative estimate of drug-likeness (QED) is 0.873. The van der Waals surface area contributed by atoms with Crippen LogP contribution in [0.3, 0.4) is 0 Å². The largest absolute Gasteiger partial charge is 0.354 e. The van der Waals surface area contributed by atoms with Gasteiger partial charge in [-0.15, -0.1) is 0 Å². The predicted molar refractivity (Wildman–Crippen MR) is 92.9 cm³/mol. The summed E-state index contributed by atoms with van der Waals surface area (Å²) in [4.78, 5) is 11.1. The van der Waals surface area contributed by atoms with Crippen LogP contribution < -0.4 is 10.0 Å². The zero-order chi connectivity index (χ0) is 17.1. The Morgan fingerprint density at radius 2 is 1.88 bits per heavy atom. The third-order valence-corrected chi connectivity index (χ3v) is 6.32. The maximum absolute atomic E-state index is 11.8. The number of rotatable bonds is 2. The lowest BCUT2D eigenvalue weighted by atomic mass is 9.99. The summed E-state index contributed by atoms with van der Waals surface area (Å²) in [6, 6.07) is 4.12. The van der Waals surface area contributed by atoms with E-state index in [-0.39, 0.29) is 6.04 Å². The monoisotopic (exact) mass is 347 g/mol. The Kier molecular flexibility index (Phi) is 3.52. The highest BCUT2D eigenvalue weighted by molar-refractivity contribution is 7.86. The topological polar surface area (TPSA) is 92.4 Å². The second kappa shape index (κ2) is 5.37. The van der Waals surface area contributed by atoms with Crippen LogP contribution in [-0.2, 0) is 10.2 Å². The first-order chi connectivity index (χ1) is 11.3. The number of benzene rings is 1. The van der Waals surface area contributed by atoms with Crippen molar-refractivity contribution in [2.24, 2.45) is 11.1 Å². The van der Waals surface area contributed by atoms with Gasteiger partial charge in [-0.2, -0.15) is 12.7 Å². The van der Waals surface area contributed by atoms with E-state index in [2.05, 4.69) is 40.8 Å². The zero-order valence-corrected chi connectivity index (χ0v) is 14.6. The smallest absolute Gasteiger partial charge is 0.277 e. The highest BCUT2D eigenvalue weighted by atomic mass is 32.2. The molecule has 24 heavy (non-hydrogen) atoms. The summed E-state index contributed by atoms with van der Waals surface area (Å²) in [5, 5.41) is 6.38. The van der Waals surface area contributed by atoms with Gasteiger partial charge in [-0.3, -0.25) is 0 Å². The van der Waals surface area contributed by atoms with E-state index in [0.717, 1.165) is 29.7 Å². The number of aromatic nitrogens is 2. The van der Waals surface area contributed by atoms with E-state index in [1.165, 1.54) is 15.4 Å². The van der Waals surface area contributed by atoms with Crippen molar-refractivity contribution >= 4 is 26.9 Å². The average molecular weight is 347 g/mol. The molecule has 2 aromatic rings. The van der Waals surface area contributed by atoms with Gasteiger partial charge >= 0.3 is 0 Å². The molecule has 4 rings (SSSR count). The molecule has 2 unspecified atom stereocenters. The van der Waals surface area contributed by atoms with Gasteiger partial charge in [0.05, 0.1) is 5.52 Å². The third kappa shape index (κ3) is 2.54. The normalized spacial score (nSPS) is 24.7. The average Bonchev–Trinajstić information content (AvgIpc) is 2.82. The van der Waals surface area contributed by atoms with E-state index in [4.69, 9.17) is 5.14 Å². The van der Waals surface area contributed by atoms with E-state index in [0.29, 0.717) is 19.0 Å². The summed E-state index contributed by atoms with van der Waals surface area (Å²) in [5.41, 5.74) is 3.32. The minimum absolute atomic E-state index is 0.0738. The number of anilines is 1. The molecule has 0 saturated carbocycles. The van der Waals surface area contributed by atoms with Crippen LogP contribution in [0.5, 0.6) is 0 Å². The van der Waals surface area contributed by atoms with Crippen molar-refractivity contribution in [2.45, 2.75) is 26.3 Å². The highest BCUT2D eigenvalue weighted by Crippen LogP contribution is 2.35. The SMILES string of the molecule is Cc1cc2ncnc(N3CC4CC(C3)N(S(N)(=O)=O)C4)c2cc1C. The Bertz CT molecular complexity index is 914. The first-order valence-corrected chi connectivity index (χ1v) is 9.59. The van der Waals surface area contributed by atoms with E-state index >= 15 is 0 Å². The minimum Gasteiger partial charge on any atom is -0.354 e. The van der Waals surface area contributed by atoms with Crippen LogP contribution in [0, 0.1) is 19.8 Å². The molecule has 1 aromatic heterocycles. The maximum atomic E-state index is 11.8. The van der Waals surface area contributed by atoms with E-state index in [1.54, 1.807) is 6.33 Å². The number of piperidine rings is 1. The molecular formula is C16H21N5O2S. The molecule has 7 nitrogen and oxygen atoms in total. The Labute approximate surface area is 141 Å². The predicted octanol–water partition coefficient (Wildman–Crippen LogP) is 0.961. The van der Waals surface area contributed by atoms with Crippen LogP contribution >= 0.6 is 0 Å². The molecule has 2 N–H and O–H groups in total. The standard InChI is InChI=1S/C16H21N5O2S/c1-10-3-14-15(4-11(10)2)18-9-19-16(14)20-6-12-5-13(8-20)21(7-12)24(17,22)23/h3-4,9,12-13H,5-8H2,1-2H3,(H2,17,22,23). The molecule has 1 aromatic carbocycles. The number of nitrogens with two attached hydrogens (primary N) is 1. The molecule has 0 radical (unpaired) electrons. The molecule has 128 valence electrons. The summed E-state index contributed by atoms with van der Waals surface area (Å²) >= 11 is 0. The van der Waals surface area contributed by atoms with Crippen LogP contribution in [0.15, 0.2) is 18.5 Å². The van der Waals surface area contributed by atoms with E-state index in [9.17, 15) is 8.42 Å². The lowest BCUT2D eigenvalue weighted by Crippen LogP contribution is -2.46. The second-order valence-corrected chi connectivity index (χ2v) is 8.43. The van der Waals surface area contributed by atoms with Gasteiger partial charge in [0.2, 0.25) is 0 Å². The molecule has 2 atom stereocenters. The molecule has 2 bridgehead atoms. The molecule has 0 spiro atoms. The van der Waals surface area contributed by atoms with Crippen molar-refractivity contribution in [3.63, 3.8) is 0 Å². The van der Waals surface area contributed by atoms with Crippen molar-refractivity contribution in [2.75, 3.05) is 24.5 Å². The van der Waals surface area contributed by atoms with Gasteiger partial charge in [-0.25, -0.2) is 15.1 Å². The van der Waals surface area contributed by atoms with Gasteiger partial charge in [0.25, 0.3) is 10.2 Å². The Morgan fingerprint density at radius 3 is 2.62 bits per heavy atom. The second-order valence-electron chi connectivity index (χ2n) is 6.93. The number of aryl methyl sites for hydroxylation is 2. The van der Waals surface area contributed by atoms with Crippen molar-refractivity contribution in [1.82, 2.24) is 14.3 Å².